The van der Waals surface area contributed by atoms with Crippen LogP contribution in [0.5, 0.6) is 0 Å². The second-order valence-corrected chi connectivity index (χ2v) is 6.79. The van der Waals surface area contributed by atoms with Gasteiger partial charge in [0.1, 0.15) is 5.69 Å². The Bertz CT molecular complexity index is 686. The summed E-state index contributed by atoms with van der Waals surface area (Å²) >= 11 is 0. The number of nitrogens with one attached hydrogen (secondary N) is 2. The van der Waals surface area contributed by atoms with Crippen LogP contribution in [-0.2, 0) is 0 Å². The molecule has 6 nitrogen and oxygen atoms in total. The van der Waals surface area contributed by atoms with Crippen molar-refractivity contribution in [2.24, 2.45) is 0 Å². The monoisotopic (exact) mass is 341 g/mol. The van der Waals surface area contributed by atoms with Crippen molar-refractivity contribution in [3.05, 3.63) is 41.6 Å². The van der Waals surface area contributed by atoms with E-state index in [4.69, 9.17) is 0 Å². The number of nitrogens with zero attached hydrogens (tertiary/aromatic N) is 3. The molecule has 2 N–H and O–H groups in total. The average Bonchev–Trinajstić information content (AvgIpc) is 3.11. The second kappa shape index (κ2) is 8.27. The zero-order valence-corrected chi connectivity index (χ0v) is 15.1. The first-order valence-electron chi connectivity index (χ1n) is 8.93. The van der Waals surface area contributed by atoms with Crippen molar-refractivity contribution in [1.82, 2.24) is 25.3 Å². The second-order valence-electron chi connectivity index (χ2n) is 6.79. The standard InChI is InChI=1S/C19H27N5O/c1-15-4-6-16(7-5-15)17-14-18(22-21-17)19(25)20-8-3-9-24-12-10-23(2)11-13-24/h4-7,14H,3,8-13H2,1-2H3,(H,20,25)(H,21,22). The van der Waals surface area contributed by atoms with Crippen LogP contribution in [0.1, 0.15) is 22.5 Å². The number of likely N-dealkylation sites (N-methyl/N-ethyl adjacent to an activating group) is 1. The summed E-state index contributed by atoms with van der Waals surface area (Å²) < 4.78 is 0. The van der Waals surface area contributed by atoms with Crippen LogP contribution >= 0.6 is 0 Å². The number of aryl methyl sites for hydroxylation is 1. The maximum Gasteiger partial charge on any atom is 0.269 e. The largest absolute Gasteiger partial charge is 0.351 e. The minimum absolute atomic E-state index is 0.0933. The minimum atomic E-state index is -0.0933. The summed E-state index contributed by atoms with van der Waals surface area (Å²) in [6.07, 6.45) is 0.967. The highest BCUT2D eigenvalue weighted by Crippen LogP contribution is 2.18. The molecule has 0 spiro atoms. The van der Waals surface area contributed by atoms with E-state index in [1.165, 1.54) is 5.56 Å². The van der Waals surface area contributed by atoms with Crippen molar-refractivity contribution in [3.8, 4) is 11.3 Å². The number of aromatic amines is 1. The van der Waals surface area contributed by atoms with Crippen LogP contribution in [0.15, 0.2) is 30.3 Å². The van der Waals surface area contributed by atoms with E-state index < -0.39 is 0 Å². The zero-order valence-electron chi connectivity index (χ0n) is 15.1. The van der Waals surface area contributed by atoms with Gasteiger partial charge in [0.05, 0.1) is 5.69 Å². The summed E-state index contributed by atoms with van der Waals surface area (Å²) in [6, 6.07) is 9.93. The van der Waals surface area contributed by atoms with E-state index >= 15 is 0 Å². The molecular weight excluding hydrogens is 314 g/mol. The number of carbonyl (C=O) groups excluding carboxylic acids is 1. The van der Waals surface area contributed by atoms with Gasteiger partial charge in [-0.1, -0.05) is 29.8 Å². The molecule has 1 fully saturated rings. The quantitative estimate of drug-likeness (QED) is 0.786. The number of aromatic nitrogens is 2. The number of benzene rings is 1. The van der Waals surface area contributed by atoms with Crippen LogP contribution in [-0.4, -0.2) is 72.2 Å². The molecule has 1 saturated heterocycles. The van der Waals surface area contributed by atoms with Crippen molar-refractivity contribution in [1.29, 1.82) is 0 Å². The predicted molar refractivity (Wildman–Crippen MR) is 99.6 cm³/mol. The van der Waals surface area contributed by atoms with Crippen LogP contribution < -0.4 is 5.32 Å². The molecule has 25 heavy (non-hydrogen) atoms. The van der Waals surface area contributed by atoms with Gasteiger partial charge in [-0.3, -0.25) is 9.89 Å². The van der Waals surface area contributed by atoms with Gasteiger partial charge in [-0.05, 0) is 33.0 Å². The molecular formula is C19H27N5O. The molecule has 3 rings (SSSR count). The first-order valence-corrected chi connectivity index (χ1v) is 8.93. The maximum absolute atomic E-state index is 12.2. The smallest absolute Gasteiger partial charge is 0.269 e. The van der Waals surface area contributed by atoms with Gasteiger partial charge in [0.15, 0.2) is 0 Å². The van der Waals surface area contributed by atoms with E-state index in [1.807, 2.05) is 24.3 Å². The lowest BCUT2D eigenvalue weighted by Gasteiger charge is -2.32. The van der Waals surface area contributed by atoms with Gasteiger partial charge < -0.3 is 15.1 Å². The summed E-state index contributed by atoms with van der Waals surface area (Å²) in [5, 5.41) is 10.1. The van der Waals surface area contributed by atoms with E-state index in [0.717, 1.165) is 50.4 Å². The van der Waals surface area contributed by atoms with Gasteiger partial charge in [0.25, 0.3) is 5.91 Å². The van der Waals surface area contributed by atoms with Crippen molar-refractivity contribution < 1.29 is 4.79 Å². The van der Waals surface area contributed by atoms with Gasteiger partial charge >= 0.3 is 0 Å². The molecule has 6 heteroatoms. The maximum atomic E-state index is 12.2. The number of amides is 1. The highest BCUT2D eigenvalue weighted by Gasteiger charge is 2.14. The van der Waals surface area contributed by atoms with Crippen LogP contribution in [0.2, 0.25) is 0 Å². The molecule has 1 aliphatic rings. The normalized spacial score (nSPS) is 16.1. The first kappa shape index (κ1) is 17.6. The minimum Gasteiger partial charge on any atom is -0.351 e. The van der Waals surface area contributed by atoms with Crippen molar-refractivity contribution in [2.75, 3.05) is 46.3 Å². The van der Waals surface area contributed by atoms with Crippen LogP contribution in [0.25, 0.3) is 11.3 Å². The number of hydrogen-bond acceptors (Lipinski definition) is 4. The molecule has 2 aromatic rings. The van der Waals surface area contributed by atoms with Gasteiger partial charge in [0, 0.05) is 38.3 Å². The topological polar surface area (TPSA) is 64.3 Å². The molecule has 0 unspecified atom stereocenters. The third-order valence-electron chi connectivity index (χ3n) is 4.70. The molecule has 1 aromatic heterocycles. The fourth-order valence-corrected chi connectivity index (χ4v) is 2.98. The Balaban J connectivity index is 1.43. The number of H-pyrrole nitrogens is 1. The lowest BCUT2D eigenvalue weighted by molar-refractivity contribution is 0.0944. The molecule has 0 bridgehead atoms. The highest BCUT2D eigenvalue weighted by molar-refractivity contribution is 5.93. The SMILES string of the molecule is Cc1ccc(-c2cc(C(=O)NCCCN3CCN(C)CC3)[nH]n2)cc1. The fraction of sp³-hybridized carbons (Fsp3) is 0.474. The molecule has 0 atom stereocenters. The summed E-state index contributed by atoms with van der Waals surface area (Å²) in [7, 11) is 2.16. The van der Waals surface area contributed by atoms with Gasteiger partial charge in [-0.25, -0.2) is 0 Å². The Kier molecular flexibility index (Phi) is 5.83. The number of rotatable bonds is 6. The molecule has 0 aliphatic carbocycles. The van der Waals surface area contributed by atoms with Crippen molar-refractivity contribution in [3.63, 3.8) is 0 Å². The third kappa shape index (κ3) is 4.90. The van der Waals surface area contributed by atoms with Gasteiger partial charge in [-0.2, -0.15) is 5.10 Å². The van der Waals surface area contributed by atoms with E-state index in [9.17, 15) is 4.79 Å². The number of hydrogen-bond donors (Lipinski definition) is 2. The van der Waals surface area contributed by atoms with Crippen molar-refractivity contribution >= 4 is 5.91 Å². The van der Waals surface area contributed by atoms with Gasteiger partial charge in [-0.15, -0.1) is 0 Å². The lowest BCUT2D eigenvalue weighted by atomic mass is 10.1. The average molecular weight is 341 g/mol. The Hall–Kier alpha value is -2.18. The number of piperazine rings is 1. The molecule has 1 aliphatic heterocycles. The van der Waals surface area contributed by atoms with Crippen LogP contribution in [0.3, 0.4) is 0 Å². The van der Waals surface area contributed by atoms with Crippen LogP contribution in [0.4, 0.5) is 0 Å². The lowest BCUT2D eigenvalue weighted by Crippen LogP contribution is -2.45. The van der Waals surface area contributed by atoms with E-state index in [1.54, 1.807) is 6.07 Å². The molecule has 134 valence electrons. The molecule has 0 radical (unpaired) electrons. The Morgan fingerprint density at radius 2 is 1.92 bits per heavy atom. The Morgan fingerprint density at radius 1 is 1.20 bits per heavy atom. The molecule has 0 saturated carbocycles. The summed E-state index contributed by atoms with van der Waals surface area (Å²) in [5.41, 5.74) is 3.52. The van der Waals surface area contributed by atoms with E-state index in [-0.39, 0.29) is 5.91 Å². The summed E-state index contributed by atoms with van der Waals surface area (Å²) in [4.78, 5) is 17.0. The van der Waals surface area contributed by atoms with Gasteiger partial charge in [0.2, 0.25) is 0 Å². The Morgan fingerprint density at radius 3 is 2.64 bits per heavy atom. The first-order chi connectivity index (χ1) is 12.1. The zero-order chi connectivity index (χ0) is 17.6. The summed E-state index contributed by atoms with van der Waals surface area (Å²) in [5.74, 6) is -0.0933. The molecule has 2 heterocycles. The third-order valence-corrected chi connectivity index (χ3v) is 4.70. The highest BCUT2D eigenvalue weighted by atomic mass is 16.1. The van der Waals surface area contributed by atoms with Crippen LogP contribution in [0, 0.1) is 6.92 Å². The van der Waals surface area contributed by atoms with Crippen molar-refractivity contribution in [2.45, 2.75) is 13.3 Å². The Labute approximate surface area is 149 Å². The predicted octanol–water partition coefficient (Wildman–Crippen LogP) is 1.75. The fourth-order valence-electron chi connectivity index (χ4n) is 2.98. The van der Waals surface area contributed by atoms with E-state index in [0.29, 0.717) is 12.2 Å². The number of carbonyl (C=O) groups is 1. The molecule has 1 aromatic carbocycles. The molecule has 1 amide bonds. The summed E-state index contributed by atoms with van der Waals surface area (Å²) in [6.45, 7) is 8.26. The van der Waals surface area contributed by atoms with E-state index in [2.05, 4.69) is 39.3 Å².